The van der Waals surface area contributed by atoms with Crippen molar-refractivity contribution in [1.29, 1.82) is 0 Å². The number of nitrogens with zero attached hydrogens (tertiary/aromatic N) is 2. The second kappa shape index (κ2) is 6.73. The minimum Gasteiger partial charge on any atom is -0.478 e. The molecule has 0 spiro atoms. The molecular formula is C15H13N3O6. The highest BCUT2D eigenvalue weighted by Crippen LogP contribution is 2.21. The van der Waals surface area contributed by atoms with Gasteiger partial charge in [-0.15, -0.1) is 0 Å². The first kappa shape index (κ1) is 16.9. The van der Waals surface area contributed by atoms with Crippen molar-refractivity contribution in [2.45, 2.75) is 13.5 Å². The summed E-state index contributed by atoms with van der Waals surface area (Å²) in [6, 6.07) is 6.17. The molecule has 9 heteroatoms. The molecule has 2 rings (SSSR count). The first-order valence-electron chi connectivity index (χ1n) is 6.76. The topological polar surface area (TPSA) is 132 Å². The largest absolute Gasteiger partial charge is 0.478 e. The number of nitrogens with one attached hydrogen (secondary N) is 1. The lowest BCUT2D eigenvalue weighted by atomic mass is 10.2. The Hall–Kier alpha value is -3.49. The Balaban J connectivity index is 2.17. The average molecular weight is 331 g/mol. The van der Waals surface area contributed by atoms with Crippen LogP contribution in [0.25, 0.3) is 0 Å². The van der Waals surface area contributed by atoms with Gasteiger partial charge in [0.25, 0.3) is 11.2 Å². The van der Waals surface area contributed by atoms with Crippen LogP contribution in [-0.4, -0.2) is 26.5 Å². The maximum absolute atomic E-state index is 12.0. The number of carboxylic acid groups (broad SMARTS) is 1. The van der Waals surface area contributed by atoms with Gasteiger partial charge in [-0.3, -0.25) is 19.7 Å². The monoisotopic (exact) mass is 331 g/mol. The Labute approximate surface area is 135 Å². The summed E-state index contributed by atoms with van der Waals surface area (Å²) in [5, 5.41) is 22.1. The molecule has 1 amide bonds. The van der Waals surface area contributed by atoms with Gasteiger partial charge < -0.3 is 15.0 Å². The number of nitro groups is 1. The van der Waals surface area contributed by atoms with Gasteiger partial charge in [0.2, 0.25) is 5.91 Å². The van der Waals surface area contributed by atoms with Crippen LogP contribution in [0.2, 0.25) is 0 Å². The van der Waals surface area contributed by atoms with Crippen LogP contribution in [0.4, 0.5) is 11.4 Å². The van der Waals surface area contributed by atoms with Gasteiger partial charge in [0, 0.05) is 30.1 Å². The van der Waals surface area contributed by atoms with Crippen LogP contribution in [0.15, 0.2) is 41.3 Å². The fourth-order valence-electron chi connectivity index (χ4n) is 2.03. The molecule has 1 aromatic heterocycles. The van der Waals surface area contributed by atoms with Gasteiger partial charge in [-0.1, -0.05) is 0 Å². The third-order valence-electron chi connectivity index (χ3n) is 3.24. The van der Waals surface area contributed by atoms with Crippen LogP contribution in [0, 0.1) is 17.0 Å². The number of anilines is 1. The SMILES string of the molecule is Cc1cc([N+](=O)[O-])ccc1NC(=O)Cn1cc(C(=O)O)ccc1=O. The second-order valence-corrected chi connectivity index (χ2v) is 4.99. The van der Waals surface area contributed by atoms with E-state index >= 15 is 0 Å². The average Bonchev–Trinajstić information content (AvgIpc) is 2.51. The van der Waals surface area contributed by atoms with Crippen LogP contribution in [-0.2, 0) is 11.3 Å². The number of amides is 1. The number of pyridine rings is 1. The molecule has 0 aliphatic heterocycles. The van der Waals surface area contributed by atoms with Crippen molar-refractivity contribution < 1.29 is 19.6 Å². The third kappa shape index (κ3) is 3.83. The van der Waals surface area contributed by atoms with E-state index < -0.39 is 22.4 Å². The molecule has 0 aliphatic rings. The van der Waals surface area contributed by atoms with Crippen molar-refractivity contribution in [3.05, 3.63) is 68.1 Å². The molecule has 0 aliphatic carbocycles. The predicted molar refractivity (Wildman–Crippen MR) is 84.1 cm³/mol. The van der Waals surface area contributed by atoms with E-state index in [1.165, 1.54) is 18.2 Å². The summed E-state index contributed by atoms with van der Waals surface area (Å²) < 4.78 is 0.972. The van der Waals surface area contributed by atoms with E-state index in [0.717, 1.165) is 22.9 Å². The Kier molecular flexibility index (Phi) is 4.73. The van der Waals surface area contributed by atoms with Gasteiger partial charge >= 0.3 is 5.97 Å². The van der Waals surface area contributed by atoms with E-state index in [0.29, 0.717) is 11.3 Å². The predicted octanol–water partition coefficient (Wildman–Crippen LogP) is 1.40. The quantitative estimate of drug-likeness (QED) is 0.629. The molecule has 1 heterocycles. The summed E-state index contributed by atoms with van der Waals surface area (Å²) in [6.45, 7) is 1.22. The normalized spacial score (nSPS) is 10.2. The molecule has 124 valence electrons. The summed E-state index contributed by atoms with van der Waals surface area (Å²) in [5.41, 5.74) is 0.123. The zero-order chi connectivity index (χ0) is 17.9. The third-order valence-corrected chi connectivity index (χ3v) is 3.24. The molecule has 0 atom stereocenters. The van der Waals surface area contributed by atoms with Crippen LogP contribution < -0.4 is 10.9 Å². The summed E-state index contributed by atoms with van der Waals surface area (Å²) in [5.74, 6) is -1.77. The first-order chi connectivity index (χ1) is 11.3. The lowest BCUT2D eigenvalue weighted by molar-refractivity contribution is -0.384. The number of aromatic nitrogens is 1. The minimum atomic E-state index is -1.21. The summed E-state index contributed by atoms with van der Waals surface area (Å²) in [6.07, 6.45) is 1.08. The molecule has 0 bridgehead atoms. The Bertz CT molecular complexity index is 887. The molecule has 0 saturated heterocycles. The fourth-order valence-corrected chi connectivity index (χ4v) is 2.03. The molecule has 0 fully saturated rings. The molecular weight excluding hydrogens is 318 g/mol. The van der Waals surface area contributed by atoms with Gasteiger partial charge in [-0.05, 0) is 24.6 Å². The summed E-state index contributed by atoms with van der Waals surface area (Å²) >= 11 is 0. The highest BCUT2D eigenvalue weighted by molar-refractivity contribution is 5.92. The second-order valence-electron chi connectivity index (χ2n) is 4.99. The van der Waals surface area contributed by atoms with Crippen LogP contribution >= 0.6 is 0 Å². The molecule has 2 N–H and O–H groups in total. The lowest BCUT2D eigenvalue weighted by Crippen LogP contribution is -2.27. The highest BCUT2D eigenvalue weighted by Gasteiger charge is 2.12. The summed E-state index contributed by atoms with van der Waals surface area (Å²) in [4.78, 5) is 44.8. The number of aromatic carboxylic acids is 1. The maximum Gasteiger partial charge on any atom is 0.337 e. The number of benzene rings is 1. The lowest BCUT2D eigenvalue weighted by Gasteiger charge is -2.10. The van der Waals surface area contributed by atoms with Crippen molar-refractivity contribution in [1.82, 2.24) is 4.57 Å². The van der Waals surface area contributed by atoms with Crippen LogP contribution in [0.3, 0.4) is 0 Å². The van der Waals surface area contributed by atoms with Crippen molar-refractivity contribution in [2.24, 2.45) is 0 Å². The molecule has 1 aromatic carbocycles. The van der Waals surface area contributed by atoms with Crippen molar-refractivity contribution in [3.8, 4) is 0 Å². The zero-order valence-corrected chi connectivity index (χ0v) is 12.6. The first-order valence-corrected chi connectivity index (χ1v) is 6.76. The number of carboxylic acids is 1. The van der Waals surface area contributed by atoms with Gasteiger partial charge in [-0.25, -0.2) is 4.79 Å². The smallest absolute Gasteiger partial charge is 0.337 e. The van der Waals surface area contributed by atoms with E-state index in [1.54, 1.807) is 6.92 Å². The van der Waals surface area contributed by atoms with Crippen molar-refractivity contribution in [3.63, 3.8) is 0 Å². The number of hydrogen-bond acceptors (Lipinski definition) is 5. The number of nitro benzene ring substituents is 1. The molecule has 2 aromatic rings. The summed E-state index contributed by atoms with van der Waals surface area (Å²) in [7, 11) is 0. The van der Waals surface area contributed by atoms with Gasteiger partial charge in [0.15, 0.2) is 0 Å². The molecule has 24 heavy (non-hydrogen) atoms. The molecule has 0 unspecified atom stereocenters. The van der Waals surface area contributed by atoms with Crippen molar-refractivity contribution >= 4 is 23.3 Å². The number of carbonyl (C=O) groups excluding carboxylic acids is 1. The molecule has 0 saturated carbocycles. The van der Waals surface area contributed by atoms with E-state index in [-0.39, 0.29) is 17.8 Å². The van der Waals surface area contributed by atoms with Crippen molar-refractivity contribution in [2.75, 3.05) is 5.32 Å². The van der Waals surface area contributed by atoms with E-state index in [1.807, 2.05) is 0 Å². The van der Waals surface area contributed by atoms with Gasteiger partial charge in [0.1, 0.15) is 6.54 Å². The van der Waals surface area contributed by atoms with Gasteiger partial charge in [-0.2, -0.15) is 0 Å². The minimum absolute atomic E-state index is 0.101. The van der Waals surface area contributed by atoms with Crippen LogP contribution in [0.5, 0.6) is 0 Å². The van der Waals surface area contributed by atoms with E-state index in [9.17, 15) is 24.5 Å². The highest BCUT2D eigenvalue weighted by atomic mass is 16.6. The molecule has 9 nitrogen and oxygen atoms in total. The fraction of sp³-hybridized carbons (Fsp3) is 0.133. The molecule has 0 radical (unpaired) electrons. The maximum atomic E-state index is 12.0. The number of hydrogen-bond donors (Lipinski definition) is 2. The van der Waals surface area contributed by atoms with E-state index in [2.05, 4.69) is 5.32 Å². The Morgan fingerprint density at radius 1 is 1.29 bits per heavy atom. The number of rotatable bonds is 5. The van der Waals surface area contributed by atoms with E-state index in [4.69, 9.17) is 5.11 Å². The Morgan fingerprint density at radius 2 is 2.00 bits per heavy atom. The number of non-ortho nitro benzene ring substituents is 1. The van der Waals surface area contributed by atoms with Crippen LogP contribution in [0.1, 0.15) is 15.9 Å². The van der Waals surface area contributed by atoms with Gasteiger partial charge in [0.05, 0.1) is 10.5 Å². The standard InChI is InChI=1S/C15H13N3O6/c1-9-6-11(18(23)24)3-4-12(9)16-13(19)8-17-7-10(15(21)22)2-5-14(17)20/h2-7H,8H2,1H3,(H,16,19)(H,21,22). The number of aryl methyl sites for hydroxylation is 1. The number of carbonyl (C=O) groups is 2. The zero-order valence-electron chi connectivity index (χ0n) is 12.6. The Morgan fingerprint density at radius 3 is 2.58 bits per heavy atom.